The Morgan fingerprint density at radius 3 is 2.64 bits per heavy atom. The Balaban J connectivity index is 1.55. The molecule has 4 rings (SSSR count). The first-order valence-corrected chi connectivity index (χ1v) is 9.28. The van der Waals surface area contributed by atoms with E-state index in [-0.39, 0.29) is 11.6 Å². The number of para-hydroxylation sites is 2. The molecule has 4 aromatic rings. The summed E-state index contributed by atoms with van der Waals surface area (Å²) in [6.07, 6.45) is 0.568. The monoisotopic (exact) mass is 375 g/mol. The molecule has 142 valence electrons. The number of aromatic nitrogens is 4. The summed E-state index contributed by atoms with van der Waals surface area (Å²) in [5.41, 5.74) is 3.70. The molecule has 28 heavy (non-hydrogen) atoms. The fourth-order valence-electron chi connectivity index (χ4n) is 3.26. The van der Waals surface area contributed by atoms with Gasteiger partial charge in [0.2, 0.25) is 0 Å². The van der Waals surface area contributed by atoms with Gasteiger partial charge < -0.3 is 14.9 Å². The summed E-state index contributed by atoms with van der Waals surface area (Å²) in [4.78, 5) is 41.7. The fourth-order valence-corrected chi connectivity index (χ4v) is 3.26. The molecule has 0 atom stereocenters. The molecule has 0 spiro atoms. The maximum Gasteiger partial charge on any atom is 0.280 e. The van der Waals surface area contributed by atoms with Crippen molar-refractivity contribution in [2.75, 3.05) is 13.1 Å². The number of H-pyrrole nitrogens is 2. The summed E-state index contributed by atoms with van der Waals surface area (Å²) >= 11 is 0. The average molecular weight is 375 g/mol. The van der Waals surface area contributed by atoms with Crippen molar-refractivity contribution in [3.05, 3.63) is 69.9 Å². The van der Waals surface area contributed by atoms with E-state index in [2.05, 4.69) is 19.9 Å². The molecule has 2 heterocycles. The minimum absolute atomic E-state index is 0.0826. The normalized spacial score (nSPS) is 11.2. The molecule has 0 aliphatic carbocycles. The van der Waals surface area contributed by atoms with Crippen LogP contribution in [-0.4, -0.2) is 43.8 Å². The van der Waals surface area contributed by atoms with E-state index in [0.717, 1.165) is 22.4 Å². The van der Waals surface area contributed by atoms with Gasteiger partial charge in [0, 0.05) is 19.5 Å². The van der Waals surface area contributed by atoms with Crippen molar-refractivity contribution in [2.45, 2.75) is 20.3 Å². The molecule has 2 aromatic heterocycles. The number of carbonyl (C=O) groups excluding carboxylic acids is 1. The number of rotatable bonds is 5. The van der Waals surface area contributed by atoms with Crippen LogP contribution in [0.5, 0.6) is 0 Å². The molecule has 0 radical (unpaired) electrons. The van der Waals surface area contributed by atoms with E-state index in [4.69, 9.17) is 0 Å². The third-order valence-electron chi connectivity index (χ3n) is 4.78. The van der Waals surface area contributed by atoms with Gasteiger partial charge in [0.05, 0.1) is 22.1 Å². The van der Waals surface area contributed by atoms with Gasteiger partial charge in [-0.25, -0.2) is 9.97 Å². The number of carbonyl (C=O) groups is 1. The van der Waals surface area contributed by atoms with Gasteiger partial charge in [0.1, 0.15) is 5.82 Å². The van der Waals surface area contributed by atoms with Crippen molar-refractivity contribution in [3.8, 4) is 0 Å². The Bertz CT molecular complexity index is 1220. The van der Waals surface area contributed by atoms with Crippen molar-refractivity contribution in [2.24, 2.45) is 0 Å². The largest absolute Gasteiger partial charge is 0.342 e. The predicted octanol–water partition coefficient (Wildman–Crippen LogP) is 2.81. The first-order valence-electron chi connectivity index (χ1n) is 9.28. The van der Waals surface area contributed by atoms with Crippen LogP contribution in [0.3, 0.4) is 0 Å². The van der Waals surface area contributed by atoms with E-state index >= 15 is 0 Å². The molecular formula is C21H21N5O2. The number of aromatic amines is 2. The lowest BCUT2D eigenvalue weighted by atomic mass is 10.2. The van der Waals surface area contributed by atoms with Crippen molar-refractivity contribution in [1.82, 2.24) is 24.8 Å². The van der Waals surface area contributed by atoms with Gasteiger partial charge in [0.25, 0.3) is 11.5 Å². The second kappa shape index (κ2) is 7.26. The Hall–Kier alpha value is -3.48. The van der Waals surface area contributed by atoms with E-state index in [1.807, 2.05) is 44.2 Å². The van der Waals surface area contributed by atoms with Gasteiger partial charge in [-0.3, -0.25) is 9.59 Å². The number of likely N-dealkylation sites (N-methyl/N-ethyl adjacent to an activating group) is 1. The van der Waals surface area contributed by atoms with Crippen LogP contribution in [0.1, 0.15) is 28.8 Å². The van der Waals surface area contributed by atoms with E-state index in [9.17, 15) is 9.59 Å². The Labute approximate surface area is 161 Å². The van der Waals surface area contributed by atoms with Gasteiger partial charge in [-0.15, -0.1) is 0 Å². The molecule has 2 N–H and O–H groups in total. The van der Waals surface area contributed by atoms with Crippen molar-refractivity contribution in [3.63, 3.8) is 0 Å². The van der Waals surface area contributed by atoms with Crippen LogP contribution in [0.2, 0.25) is 0 Å². The number of imidazole rings is 1. The summed E-state index contributed by atoms with van der Waals surface area (Å²) in [6, 6.07) is 13.2. The predicted molar refractivity (Wildman–Crippen MR) is 108 cm³/mol. The number of amides is 1. The number of aryl methyl sites for hydroxylation is 1. The molecule has 0 aliphatic heterocycles. The minimum atomic E-state index is -0.471. The molecule has 7 heteroatoms. The highest BCUT2D eigenvalue weighted by molar-refractivity contribution is 5.93. The van der Waals surface area contributed by atoms with Gasteiger partial charge in [-0.05, 0) is 43.7 Å². The molecule has 0 unspecified atom stereocenters. The maximum absolute atomic E-state index is 12.9. The third kappa shape index (κ3) is 3.38. The molecule has 1 amide bonds. The van der Waals surface area contributed by atoms with Gasteiger partial charge >= 0.3 is 0 Å². The zero-order valence-electron chi connectivity index (χ0n) is 15.8. The molecule has 0 bridgehead atoms. The molecule has 0 aliphatic rings. The number of nitrogens with zero attached hydrogens (tertiary/aromatic N) is 3. The number of hydrogen-bond donors (Lipinski definition) is 2. The van der Waals surface area contributed by atoms with Crippen LogP contribution in [0.25, 0.3) is 22.1 Å². The molecule has 0 fully saturated rings. The van der Waals surface area contributed by atoms with Crippen LogP contribution >= 0.6 is 0 Å². The number of benzene rings is 2. The quantitative estimate of drug-likeness (QED) is 0.561. The van der Waals surface area contributed by atoms with Crippen molar-refractivity contribution < 1.29 is 4.79 Å². The highest BCUT2D eigenvalue weighted by Crippen LogP contribution is 2.14. The number of nitrogens with one attached hydrogen (secondary N) is 2. The van der Waals surface area contributed by atoms with Crippen molar-refractivity contribution in [1.29, 1.82) is 0 Å². The molecule has 0 saturated heterocycles. The first-order chi connectivity index (χ1) is 13.5. The van der Waals surface area contributed by atoms with Gasteiger partial charge in [-0.1, -0.05) is 18.2 Å². The molecule has 0 saturated carbocycles. The van der Waals surface area contributed by atoms with Crippen molar-refractivity contribution >= 4 is 28.0 Å². The van der Waals surface area contributed by atoms with Crippen LogP contribution in [-0.2, 0) is 6.42 Å². The van der Waals surface area contributed by atoms with Gasteiger partial charge in [-0.2, -0.15) is 0 Å². The summed E-state index contributed by atoms with van der Waals surface area (Å²) < 4.78 is 0. The van der Waals surface area contributed by atoms with E-state index in [1.54, 1.807) is 17.0 Å². The smallest absolute Gasteiger partial charge is 0.280 e. The molecule has 2 aromatic carbocycles. The lowest BCUT2D eigenvalue weighted by Crippen LogP contribution is -2.37. The average Bonchev–Trinajstić information content (AvgIpc) is 3.09. The summed E-state index contributed by atoms with van der Waals surface area (Å²) in [5, 5.41) is 0. The highest BCUT2D eigenvalue weighted by Gasteiger charge is 2.20. The first kappa shape index (κ1) is 17.9. The van der Waals surface area contributed by atoms with Crippen LogP contribution < -0.4 is 5.56 Å². The Morgan fingerprint density at radius 2 is 1.82 bits per heavy atom. The topological polar surface area (TPSA) is 94.7 Å². The van der Waals surface area contributed by atoms with Gasteiger partial charge in [0.15, 0.2) is 5.69 Å². The minimum Gasteiger partial charge on any atom is -0.342 e. The lowest BCUT2D eigenvalue weighted by molar-refractivity contribution is 0.0758. The zero-order valence-corrected chi connectivity index (χ0v) is 15.8. The second-order valence-electron chi connectivity index (χ2n) is 6.77. The Morgan fingerprint density at radius 1 is 1.04 bits per heavy atom. The standard InChI is InChI=1S/C21H21N5O2/c1-3-26(11-10-18-22-16-9-8-13(2)12-17(16)23-18)21(28)19-20(27)25-15-7-5-4-6-14(15)24-19/h4-9,12H,3,10-11H2,1-2H3,(H,22,23)(H,25,27). The fraction of sp³-hybridized carbons (Fsp3) is 0.238. The van der Waals surface area contributed by atoms with E-state index in [0.29, 0.717) is 30.5 Å². The molecule has 7 nitrogen and oxygen atoms in total. The van der Waals surface area contributed by atoms with Crippen LogP contribution in [0.15, 0.2) is 47.3 Å². The third-order valence-corrected chi connectivity index (χ3v) is 4.78. The number of fused-ring (bicyclic) bond motifs is 2. The zero-order chi connectivity index (χ0) is 19.7. The van der Waals surface area contributed by atoms with E-state index in [1.165, 1.54) is 0 Å². The maximum atomic E-state index is 12.9. The van der Waals surface area contributed by atoms with Crippen LogP contribution in [0, 0.1) is 6.92 Å². The van der Waals surface area contributed by atoms with E-state index < -0.39 is 5.56 Å². The van der Waals surface area contributed by atoms with Crippen LogP contribution in [0.4, 0.5) is 0 Å². The number of hydrogen-bond acceptors (Lipinski definition) is 4. The Kier molecular flexibility index (Phi) is 4.65. The summed E-state index contributed by atoms with van der Waals surface area (Å²) in [5.74, 6) is 0.439. The molecular weight excluding hydrogens is 354 g/mol. The highest BCUT2D eigenvalue weighted by atomic mass is 16.2. The lowest BCUT2D eigenvalue weighted by Gasteiger charge is -2.19. The second-order valence-corrected chi connectivity index (χ2v) is 6.77. The summed E-state index contributed by atoms with van der Waals surface area (Å²) in [6.45, 7) is 4.84. The summed E-state index contributed by atoms with van der Waals surface area (Å²) in [7, 11) is 0. The SMILES string of the molecule is CCN(CCc1nc2ccc(C)cc2[nH]1)C(=O)c1nc2ccccc2[nH]c1=O.